The van der Waals surface area contributed by atoms with E-state index >= 15 is 0 Å². The third-order valence-corrected chi connectivity index (χ3v) is 33.0. The molecule has 0 N–H and O–H groups in total. The summed E-state index contributed by atoms with van der Waals surface area (Å²) in [5.41, 5.74) is -0.629. The minimum absolute atomic E-state index is 0.00750. The molecule has 2 aliphatic carbocycles. The highest BCUT2D eigenvalue weighted by Crippen LogP contribution is 2.54. The lowest BCUT2D eigenvalue weighted by Crippen LogP contribution is -2.41. The maximum Gasteiger partial charge on any atom is 0.312 e. The van der Waals surface area contributed by atoms with Crippen LogP contribution < -0.4 is 0 Å². The van der Waals surface area contributed by atoms with Crippen LogP contribution in [0.25, 0.3) is 0 Å². The van der Waals surface area contributed by atoms with Crippen molar-refractivity contribution in [2.75, 3.05) is 46.0 Å². The molecule has 0 radical (unpaired) electrons. The Morgan fingerprint density at radius 3 is 1.59 bits per heavy atom. The highest BCUT2D eigenvalue weighted by molar-refractivity contribution is 8.06. The molecule has 5 heterocycles. The Morgan fingerprint density at radius 2 is 1.02 bits per heavy atom. The smallest absolute Gasteiger partial charge is 0.312 e. The van der Waals surface area contributed by atoms with Crippen molar-refractivity contribution in [3.63, 3.8) is 0 Å². The first-order chi connectivity index (χ1) is 39.1. The molecule has 0 amide bonds. The summed E-state index contributed by atoms with van der Waals surface area (Å²) in [6, 6.07) is 0. The Balaban J connectivity index is 0.000000272. The molecule has 83 heavy (non-hydrogen) atoms. The van der Waals surface area contributed by atoms with Crippen LogP contribution in [0.15, 0.2) is 0 Å². The van der Waals surface area contributed by atoms with Gasteiger partial charge < -0.3 is 18.9 Å². The van der Waals surface area contributed by atoms with Crippen LogP contribution in [0.3, 0.4) is 0 Å². The van der Waals surface area contributed by atoms with Crippen LogP contribution in [-0.2, 0) is 38.1 Å². The van der Waals surface area contributed by atoms with Crippen molar-refractivity contribution in [1.29, 1.82) is 0 Å². The van der Waals surface area contributed by atoms with Gasteiger partial charge in [0, 0.05) is 42.5 Å². The van der Waals surface area contributed by atoms with Crippen LogP contribution in [-0.4, -0.2) is 132 Å². The number of esters is 4. The fourth-order valence-electron chi connectivity index (χ4n) is 10.1. The van der Waals surface area contributed by atoms with E-state index in [-0.39, 0.29) is 67.3 Å². The molecule has 7 fully saturated rings. The molecule has 15 atom stereocenters. The van der Waals surface area contributed by atoms with Gasteiger partial charge in [0.2, 0.25) is 0 Å². The number of fused-ring (bicyclic) bond motifs is 2. The largest absolute Gasteiger partial charge is 0.450 e. The summed E-state index contributed by atoms with van der Waals surface area (Å²) in [5.74, 6) is 10.1. The van der Waals surface area contributed by atoms with Crippen molar-refractivity contribution in [1.82, 2.24) is 0 Å². The van der Waals surface area contributed by atoms with E-state index in [0.717, 1.165) is 66.3 Å². The molecule has 0 bridgehead atoms. The first-order valence-corrected chi connectivity index (χ1v) is 42.4. The average molecular weight is 1350 g/mol. The molecule has 0 aromatic rings. The number of hydrogen-bond donors (Lipinski definition) is 0. The summed E-state index contributed by atoms with van der Waals surface area (Å²) < 4.78 is 23.6. The number of ether oxygens (including phenoxy) is 4. The van der Waals surface area contributed by atoms with E-state index in [0.29, 0.717) is 36.2 Å². The molecule has 5 aliphatic heterocycles. The minimum Gasteiger partial charge on any atom is -0.450 e. The lowest BCUT2D eigenvalue weighted by molar-refractivity contribution is -0.161. The third-order valence-electron chi connectivity index (χ3n) is 17.7. The zero-order chi connectivity index (χ0) is 62.0. The van der Waals surface area contributed by atoms with Crippen molar-refractivity contribution >= 4 is 141 Å². The summed E-state index contributed by atoms with van der Waals surface area (Å²) in [7, 11) is 0. The van der Waals surface area contributed by atoms with Gasteiger partial charge in [-0.3, -0.25) is 19.2 Å². The van der Waals surface area contributed by atoms with E-state index in [9.17, 15) is 19.2 Å². The highest BCUT2D eigenvalue weighted by Gasteiger charge is 2.50. The lowest BCUT2D eigenvalue weighted by Gasteiger charge is -2.35. The van der Waals surface area contributed by atoms with Gasteiger partial charge in [0.15, 0.2) is 20.7 Å². The van der Waals surface area contributed by atoms with E-state index in [1.165, 1.54) is 106 Å². The van der Waals surface area contributed by atoms with Crippen molar-refractivity contribution in [2.24, 2.45) is 28.6 Å². The Labute approximate surface area is 551 Å². The van der Waals surface area contributed by atoms with Gasteiger partial charge in [-0.15, -0.1) is 47.0 Å². The quantitative estimate of drug-likeness (QED) is 0.108. The predicted octanol–water partition coefficient (Wildman–Crippen LogP) is 20.1. The molecule has 18 heteroatoms. The standard InChI is InChI=1S/C14H24O2S2.C14H26S2.C13H24O2S2.2C12H22O2S2/c1-4-13(2,3)12(15)16-14-8-5-7-11(14)17-9-6-10-18-14;1-3-12(2)7-9-14-8-4-6-13(14)15-10-5-11-16-14;1-6-13(4,5)12(14)15-11-8-16-9(2)7-10(3)17-11;1-5-8(2)12(13)14-11-7-15-9(3)6-10(4)16-11;1-5-9(2)11(13)14-12(4)10(3)15-7-6-8-16-12/h11H,4-10H2,1-3H3;12-13H,3-11H2,1-2H3;9-11H,6-8H2,1-5H3;8-11H,5-7H2,1-4H3;9-10H,5-8H2,1-4H3. The van der Waals surface area contributed by atoms with E-state index in [4.69, 9.17) is 18.9 Å². The van der Waals surface area contributed by atoms with E-state index in [2.05, 4.69) is 85.8 Å². The molecule has 486 valence electrons. The zero-order valence-corrected chi connectivity index (χ0v) is 63.3. The predicted molar refractivity (Wildman–Crippen MR) is 382 cm³/mol. The van der Waals surface area contributed by atoms with E-state index in [1.807, 2.05) is 121 Å². The van der Waals surface area contributed by atoms with Crippen LogP contribution in [0, 0.1) is 28.6 Å². The second kappa shape index (κ2) is 39.7. The van der Waals surface area contributed by atoms with Gasteiger partial charge in [0.25, 0.3) is 0 Å². The monoisotopic (exact) mass is 1350 g/mol. The molecule has 0 aromatic heterocycles. The summed E-state index contributed by atoms with van der Waals surface area (Å²) in [4.78, 5) is 47.4. The Morgan fingerprint density at radius 1 is 0.530 bits per heavy atom. The van der Waals surface area contributed by atoms with Gasteiger partial charge in [-0.2, -0.15) is 70.6 Å². The Kier molecular flexibility index (Phi) is 37.6. The van der Waals surface area contributed by atoms with Gasteiger partial charge in [-0.25, -0.2) is 0 Å². The average Bonchev–Trinajstić information content (AvgIpc) is 3.97. The second-order valence-corrected chi connectivity index (χ2v) is 40.4. The molecular formula is C65H118O8S10. The topological polar surface area (TPSA) is 105 Å². The maximum absolute atomic E-state index is 12.4. The van der Waals surface area contributed by atoms with Gasteiger partial charge in [-0.1, -0.05) is 95.9 Å². The molecule has 7 rings (SSSR count). The molecule has 5 saturated heterocycles. The van der Waals surface area contributed by atoms with Crippen LogP contribution in [0.4, 0.5) is 0 Å². The molecule has 0 aromatic carbocycles. The number of rotatable bonds is 16. The normalized spacial score (nSPS) is 33.2. The zero-order valence-electron chi connectivity index (χ0n) is 55.2. The van der Waals surface area contributed by atoms with Crippen LogP contribution in [0.1, 0.15) is 240 Å². The number of carbonyl (C=O) groups excluding carboxylic acids is 4. The Bertz CT molecular complexity index is 1880. The number of thioether (sulfide) groups is 10. The minimum atomic E-state index is -0.355. The molecular weight excluding hydrogens is 1230 g/mol. The van der Waals surface area contributed by atoms with E-state index in [1.54, 1.807) is 35.3 Å². The van der Waals surface area contributed by atoms with Gasteiger partial charge in [0.05, 0.1) is 33.2 Å². The van der Waals surface area contributed by atoms with Crippen LogP contribution >= 0.6 is 118 Å². The molecule has 2 saturated carbocycles. The molecule has 15 unspecified atom stereocenters. The van der Waals surface area contributed by atoms with Crippen molar-refractivity contribution in [3.05, 3.63) is 0 Å². The number of hydrogen-bond acceptors (Lipinski definition) is 18. The maximum atomic E-state index is 12.4. The summed E-state index contributed by atoms with van der Waals surface area (Å²) >= 11 is 19.7. The fourth-order valence-corrected chi connectivity index (χ4v) is 25.1. The van der Waals surface area contributed by atoms with Gasteiger partial charge in [-0.05, 0) is 185 Å². The molecule has 7 aliphatic rings. The van der Waals surface area contributed by atoms with Crippen molar-refractivity contribution < 1.29 is 38.1 Å². The fraction of sp³-hybridized carbons (Fsp3) is 0.938. The van der Waals surface area contributed by atoms with Gasteiger partial charge >= 0.3 is 23.9 Å². The summed E-state index contributed by atoms with van der Waals surface area (Å²) in [6.07, 6.45) is 21.9. The first kappa shape index (κ1) is 78.6. The van der Waals surface area contributed by atoms with Crippen LogP contribution in [0.2, 0.25) is 0 Å². The van der Waals surface area contributed by atoms with Crippen molar-refractivity contribution in [3.8, 4) is 0 Å². The highest BCUT2D eigenvalue weighted by atomic mass is 32.2. The van der Waals surface area contributed by atoms with Crippen LogP contribution in [0.5, 0.6) is 0 Å². The third kappa shape index (κ3) is 27.2. The van der Waals surface area contributed by atoms with Crippen molar-refractivity contribution in [2.45, 2.75) is 302 Å². The SMILES string of the molecule is CCC(C)(C)C(=O)OC12CCCC1SCCCS2.CCC(C)(C)C(=O)OC1CSC(C)CC(C)S1.CCC(C)C(=O)OC1(C)SCCCSC1C.CCC(C)C(=O)OC1CSC(C)CC(C)S1.CCC(C)CCC12CCCC1SCCCS2. The lowest BCUT2D eigenvalue weighted by atomic mass is 9.90. The number of carbonyl (C=O) groups is 4. The second-order valence-electron chi connectivity index (χ2n) is 25.8. The Hall–Kier alpha value is 1.38. The summed E-state index contributed by atoms with van der Waals surface area (Å²) in [5, 5.41) is 4.37. The summed E-state index contributed by atoms with van der Waals surface area (Å²) in [6.45, 7) is 37.8. The molecule has 8 nitrogen and oxygen atoms in total. The van der Waals surface area contributed by atoms with Gasteiger partial charge in [0.1, 0.15) is 0 Å². The first-order valence-electron chi connectivity index (χ1n) is 32.3. The molecule has 0 spiro atoms. The van der Waals surface area contributed by atoms with E-state index < -0.39 is 0 Å².